The summed E-state index contributed by atoms with van der Waals surface area (Å²) >= 11 is 2.26. The molecule has 108 valence electrons. The summed E-state index contributed by atoms with van der Waals surface area (Å²) in [7, 11) is 1.32. The Morgan fingerprint density at radius 3 is 1.72 bits per heavy atom. The molecule has 0 spiro atoms. The molecule has 0 heterocycles. The number of hydrogen-bond acceptors (Lipinski definition) is 6. The highest BCUT2D eigenvalue weighted by molar-refractivity contribution is 14.1. The fourth-order valence-electron chi connectivity index (χ4n) is 0.929. The molecule has 0 unspecified atom stereocenters. The van der Waals surface area contributed by atoms with Crippen LogP contribution in [0, 0.1) is 0 Å². The SMILES string of the molecule is COC(=O)COCCOCCOCCOCCI. The number of hydrogen-bond donors (Lipinski definition) is 0. The third kappa shape index (κ3) is 14.1. The van der Waals surface area contributed by atoms with Crippen molar-refractivity contribution in [2.24, 2.45) is 0 Å². The van der Waals surface area contributed by atoms with Crippen LogP contribution in [0.4, 0.5) is 0 Å². The standard InChI is InChI=1S/C11H21IO6/c1-14-11(13)10-18-9-8-17-7-6-16-5-4-15-3-2-12/h2-10H2,1H3. The Bertz CT molecular complexity index is 190. The van der Waals surface area contributed by atoms with Gasteiger partial charge < -0.3 is 23.7 Å². The largest absolute Gasteiger partial charge is 0.467 e. The third-order valence-corrected chi connectivity index (χ3v) is 2.23. The van der Waals surface area contributed by atoms with Crippen molar-refractivity contribution < 1.29 is 28.5 Å². The van der Waals surface area contributed by atoms with Crippen LogP contribution in [0.15, 0.2) is 0 Å². The second-order valence-electron chi connectivity index (χ2n) is 3.15. The van der Waals surface area contributed by atoms with Crippen molar-refractivity contribution in [3.8, 4) is 0 Å². The smallest absolute Gasteiger partial charge is 0.331 e. The van der Waals surface area contributed by atoms with E-state index in [1.807, 2.05) is 0 Å². The van der Waals surface area contributed by atoms with Gasteiger partial charge in [-0.15, -0.1) is 0 Å². The molecule has 0 bridgehead atoms. The lowest BCUT2D eigenvalue weighted by atomic mass is 10.7. The Kier molecular flexibility index (Phi) is 15.1. The van der Waals surface area contributed by atoms with Crippen molar-refractivity contribution >= 4 is 28.6 Å². The second-order valence-corrected chi connectivity index (χ2v) is 4.23. The number of carbonyl (C=O) groups excluding carboxylic acids is 1. The molecule has 0 radical (unpaired) electrons. The first-order valence-corrected chi connectivity index (χ1v) is 7.27. The fraction of sp³-hybridized carbons (Fsp3) is 0.909. The van der Waals surface area contributed by atoms with Gasteiger partial charge in [0.2, 0.25) is 0 Å². The Balaban J connectivity index is 2.97. The summed E-state index contributed by atoms with van der Waals surface area (Å²) in [6.07, 6.45) is 0. The molecule has 0 aliphatic carbocycles. The fourth-order valence-corrected chi connectivity index (χ4v) is 1.24. The maximum Gasteiger partial charge on any atom is 0.331 e. The average Bonchev–Trinajstić information content (AvgIpc) is 2.39. The Morgan fingerprint density at radius 2 is 1.28 bits per heavy atom. The molecule has 0 fully saturated rings. The molecule has 0 aromatic heterocycles. The predicted molar refractivity (Wildman–Crippen MR) is 74.2 cm³/mol. The zero-order chi connectivity index (χ0) is 13.5. The van der Waals surface area contributed by atoms with E-state index in [1.165, 1.54) is 7.11 Å². The lowest BCUT2D eigenvalue weighted by molar-refractivity contribution is -0.146. The minimum absolute atomic E-state index is 0.0372. The summed E-state index contributed by atoms with van der Waals surface area (Å²) in [4.78, 5) is 10.7. The van der Waals surface area contributed by atoms with Gasteiger partial charge in [0, 0.05) is 4.43 Å². The van der Waals surface area contributed by atoms with Crippen LogP contribution >= 0.6 is 22.6 Å². The molecule has 0 saturated heterocycles. The number of alkyl halides is 1. The molecule has 0 rings (SSSR count). The second kappa shape index (κ2) is 15.1. The van der Waals surface area contributed by atoms with Crippen LogP contribution in [0.3, 0.4) is 0 Å². The number of ether oxygens (including phenoxy) is 5. The zero-order valence-corrected chi connectivity index (χ0v) is 12.8. The van der Waals surface area contributed by atoms with E-state index in [0.29, 0.717) is 39.6 Å². The minimum Gasteiger partial charge on any atom is -0.467 e. The van der Waals surface area contributed by atoms with Crippen LogP contribution in [0.25, 0.3) is 0 Å². The molecule has 7 heteroatoms. The van der Waals surface area contributed by atoms with E-state index in [-0.39, 0.29) is 12.6 Å². The van der Waals surface area contributed by atoms with Crippen molar-refractivity contribution in [3.63, 3.8) is 0 Å². The molecule has 0 aliphatic rings. The van der Waals surface area contributed by atoms with Gasteiger partial charge in [-0.1, -0.05) is 22.6 Å². The molecule has 0 amide bonds. The summed E-state index contributed by atoms with van der Waals surface area (Å²) in [5.74, 6) is -0.384. The van der Waals surface area contributed by atoms with Gasteiger partial charge in [-0.2, -0.15) is 0 Å². The van der Waals surface area contributed by atoms with Crippen LogP contribution in [-0.2, 0) is 28.5 Å². The molecule has 0 aromatic rings. The van der Waals surface area contributed by atoms with Gasteiger partial charge in [0.15, 0.2) is 0 Å². The first-order valence-electron chi connectivity index (χ1n) is 5.75. The van der Waals surface area contributed by atoms with Gasteiger partial charge in [-0.3, -0.25) is 0 Å². The van der Waals surface area contributed by atoms with E-state index >= 15 is 0 Å². The number of methoxy groups -OCH3 is 1. The summed E-state index contributed by atoms with van der Waals surface area (Å²) in [5, 5.41) is 0. The first-order chi connectivity index (χ1) is 8.81. The molecule has 0 aromatic carbocycles. The van der Waals surface area contributed by atoms with Gasteiger partial charge in [0.1, 0.15) is 6.61 Å². The van der Waals surface area contributed by atoms with E-state index in [1.54, 1.807) is 0 Å². The Labute approximate surface area is 121 Å². The van der Waals surface area contributed by atoms with Crippen molar-refractivity contribution in [1.29, 1.82) is 0 Å². The highest BCUT2D eigenvalue weighted by atomic mass is 127. The van der Waals surface area contributed by atoms with Crippen LogP contribution in [0.2, 0.25) is 0 Å². The number of esters is 1. The monoisotopic (exact) mass is 376 g/mol. The molecular weight excluding hydrogens is 355 g/mol. The van der Waals surface area contributed by atoms with Gasteiger partial charge in [-0.05, 0) is 0 Å². The quantitative estimate of drug-likeness (QED) is 0.204. The van der Waals surface area contributed by atoms with E-state index in [4.69, 9.17) is 18.9 Å². The van der Waals surface area contributed by atoms with Crippen LogP contribution in [0.5, 0.6) is 0 Å². The lowest BCUT2D eigenvalue weighted by Crippen LogP contribution is -2.15. The first kappa shape index (κ1) is 18.0. The van der Waals surface area contributed by atoms with Gasteiger partial charge in [0.05, 0.1) is 53.4 Å². The minimum atomic E-state index is -0.384. The lowest BCUT2D eigenvalue weighted by Gasteiger charge is -2.06. The zero-order valence-electron chi connectivity index (χ0n) is 10.7. The highest BCUT2D eigenvalue weighted by Gasteiger charge is 1.98. The third-order valence-electron chi connectivity index (χ3n) is 1.79. The molecule has 0 saturated carbocycles. The maximum absolute atomic E-state index is 10.7. The van der Waals surface area contributed by atoms with Crippen molar-refractivity contribution in [3.05, 3.63) is 0 Å². The molecule has 0 atom stereocenters. The van der Waals surface area contributed by atoms with Crippen LogP contribution in [-0.4, -0.2) is 70.4 Å². The number of rotatable bonds is 13. The highest BCUT2D eigenvalue weighted by Crippen LogP contribution is 1.85. The Morgan fingerprint density at radius 1 is 0.833 bits per heavy atom. The number of carbonyl (C=O) groups is 1. The van der Waals surface area contributed by atoms with Crippen LogP contribution < -0.4 is 0 Å². The predicted octanol–water partition coefficient (Wildman–Crippen LogP) is 0.661. The van der Waals surface area contributed by atoms with E-state index in [2.05, 4.69) is 27.3 Å². The van der Waals surface area contributed by atoms with Crippen molar-refractivity contribution in [2.45, 2.75) is 0 Å². The van der Waals surface area contributed by atoms with Crippen molar-refractivity contribution in [2.75, 3.05) is 64.4 Å². The number of halogens is 1. The topological polar surface area (TPSA) is 63.2 Å². The molecule has 18 heavy (non-hydrogen) atoms. The Hall–Kier alpha value is 0.0400. The molecule has 0 aliphatic heterocycles. The van der Waals surface area contributed by atoms with Gasteiger partial charge in [-0.25, -0.2) is 4.79 Å². The van der Waals surface area contributed by atoms with E-state index < -0.39 is 0 Å². The normalized spacial score (nSPS) is 10.6. The van der Waals surface area contributed by atoms with Gasteiger partial charge in [0.25, 0.3) is 0 Å². The summed E-state index contributed by atoms with van der Waals surface area (Å²) in [6, 6.07) is 0. The van der Waals surface area contributed by atoms with Crippen LogP contribution in [0.1, 0.15) is 0 Å². The van der Waals surface area contributed by atoms with E-state index in [0.717, 1.165) is 11.0 Å². The van der Waals surface area contributed by atoms with Gasteiger partial charge >= 0.3 is 5.97 Å². The summed E-state index contributed by atoms with van der Waals surface area (Å²) < 4.78 is 26.1. The maximum atomic E-state index is 10.7. The summed E-state index contributed by atoms with van der Waals surface area (Å²) in [6.45, 7) is 3.77. The van der Waals surface area contributed by atoms with Crippen molar-refractivity contribution in [1.82, 2.24) is 0 Å². The average molecular weight is 376 g/mol. The summed E-state index contributed by atoms with van der Waals surface area (Å²) in [5.41, 5.74) is 0. The molecule has 0 N–H and O–H groups in total. The molecular formula is C11H21IO6. The van der Waals surface area contributed by atoms with E-state index in [9.17, 15) is 4.79 Å². The molecule has 6 nitrogen and oxygen atoms in total.